The maximum atomic E-state index is 10.5. The number of aromatic nitrogens is 3. The Hall–Kier alpha value is -2.77. The molecule has 1 N–H and O–H groups in total. The summed E-state index contributed by atoms with van der Waals surface area (Å²) in [7, 11) is 0. The van der Waals surface area contributed by atoms with E-state index in [-0.39, 0.29) is 5.92 Å². The highest BCUT2D eigenvalue weighted by Crippen LogP contribution is 2.34. The van der Waals surface area contributed by atoms with Crippen molar-refractivity contribution in [3.05, 3.63) is 42.7 Å². The lowest BCUT2D eigenvalue weighted by atomic mass is 9.90. The first-order chi connectivity index (χ1) is 15.0. The number of fused-ring (bicyclic) bond motifs is 1. The van der Waals surface area contributed by atoms with Gasteiger partial charge in [0.05, 0.1) is 30.0 Å². The average Bonchev–Trinajstić information content (AvgIpc) is 3.30. The maximum Gasteiger partial charge on any atom is 0.157 e. The van der Waals surface area contributed by atoms with E-state index in [0.717, 1.165) is 73.9 Å². The molecule has 162 valence electrons. The van der Waals surface area contributed by atoms with Gasteiger partial charge in [0.2, 0.25) is 0 Å². The molecule has 3 aromatic rings. The highest BCUT2D eigenvalue weighted by atomic mass is 16.5. The lowest BCUT2D eigenvalue weighted by Crippen LogP contribution is -2.36. The zero-order valence-corrected chi connectivity index (χ0v) is 18.2. The highest BCUT2D eigenvalue weighted by molar-refractivity contribution is 5.89. The molecule has 7 heteroatoms. The third kappa shape index (κ3) is 4.07. The third-order valence-corrected chi connectivity index (χ3v) is 6.46. The van der Waals surface area contributed by atoms with Crippen LogP contribution in [-0.4, -0.2) is 65.1 Å². The molecule has 4 heterocycles. The smallest absolute Gasteiger partial charge is 0.157 e. The summed E-state index contributed by atoms with van der Waals surface area (Å²) in [5.41, 5.74) is 4.11. The van der Waals surface area contributed by atoms with E-state index in [0.29, 0.717) is 0 Å². The third-order valence-electron chi connectivity index (χ3n) is 6.46. The van der Waals surface area contributed by atoms with E-state index >= 15 is 0 Å². The molecular formula is C24H29N5O2. The zero-order valence-electron chi connectivity index (χ0n) is 18.2. The molecule has 5 rings (SSSR count). The topological polar surface area (TPSA) is 74.6 Å². The van der Waals surface area contributed by atoms with Crippen molar-refractivity contribution < 1.29 is 9.84 Å². The Bertz CT molecular complexity index is 1060. The standard InChI is InChI=1S/C24H29N5O2/c1-24(2,30)18-7-10-29(16-18)23-22-21(25-8-9-26-22)15-20(27-23)17-3-5-19(6-4-17)28-11-13-31-14-12-28/h3-6,8-9,15,18,30H,7,10-14,16H2,1-2H3/t18-/m1/s1. The predicted molar refractivity (Wildman–Crippen MR) is 122 cm³/mol. The summed E-state index contributed by atoms with van der Waals surface area (Å²) >= 11 is 0. The quantitative estimate of drug-likeness (QED) is 0.696. The van der Waals surface area contributed by atoms with Crippen LogP contribution in [0.25, 0.3) is 22.3 Å². The van der Waals surface area contributed by atoms with Gasteiger partial charge < -0.3 is 19.6 Å². The van der Waals surface area contributed by atoms with Crippen molar-refractivity contribution in [3.63, 3.8) is 0 Å². The Morgan fingerprint density at radius 3 is 2.45 bits per heavy atom. The number of aliphatic hydroxyl groups is 1. The molecule has 0 radical (unpaired) electrons. The van der Waals surface area contributed by atoms with E-state index in [1.807, 2.05) is 19.9 Å². The Labute approximate surface area is 182 Å². The molecule has 0 spiro atoms. The van der Waals surface area contributed by atoms with Crippen LogP contribution in [0.4, 0.5) is 11.5 Å². The molecule has 0 bridgehead atoms. The van der Waals surface area contributed by atoms with Gasteiger partial charge in [-0.1, -0.05) is 12.1 Å². The van der Waals surface area contributed by atoms with Crippen molar-refractivity contribution in [2.75, 3.05) is 49.2 Å². The van der Waals surface area contributed by atoms with Gasteiger partial charge in [-0.25, -0.2) is 9.97 Å². The fraction of sp³-hybridized carbons (Fsp3) is 0.458. The van der Waals surface area contributed by atoms with Crippen molar-refractivity contribution >= 4 is 22.5 Å². The van der Waals surface area contributed by atoms with Gasteiger partial charge in [0, 0.05) is 55.7 Å². The summed E-state index contributed by atoms with van der Waals surface area (Å²) in [6.45, 7) is 8.79. The maximum absolute atomic E-state index is 10.5. The fourth-order valence-corrected chi connectivity index (χ4v) is 4.52. The van der Waals surface area contributed by atoms with E-state index in [9.17, 15) is 5.11 Å². The number of hydrogen-bond acceptors (Lipinski definition) is 7. The summed E-state index contributed by atoms with van der Waals surface area (Å²) in [6, 6.07) is 10.6. The Kier molecular flexibility index (Phi) is 5.24. The van der Waals surface area contributed by atoms with E-state index in [4.69, 9.17) is 9.72 Å². The summed E-state index contributed by atoms with van der Waals surface area (Å²) in [4.78, 5) is 18.7. The van der Waals surface area contributed by atoms with Crippen LogP contribution in [0, 0.1) is 5.92 Å². The molecule has 0 saturated carbocycles. The molecule has 1 atom stereocenters. The Morgan fingerprint density at radius 1 is 1.00 bits per heavy atom. The second-order valence-corrected chi connectivity index (χ2v) is 8.99. The minimum atomic E-state index is -0.705. The molecule has 2 aliphatic rings. The molecular weight excluding hydrogens is 390 g/mol. The van der Waals surface area contributed by atoms with Crippen LogP contribution in [0.3, 0.4) is 0 Å². The van der Waals surface area contributed by atoms with Crippen LogP contribution < -0.4 is 9.80 Å². The lowest BCUT2D eigenvalue weighted by Gasteiger charge is -2.29. The van der Waals surface area contributed by atoms with Crippen LogP contribution >= 0.6 is 0 Å². The van der Waals surface area contributed by atoms with Crippen LogP contribution in [-0.2, 0) is 4.74 Å². The highest BCUT2D eigenvalue weighted by Gasteiger charge is 2.35. The number of ether oxygens (including phenoxy) is 1. The summed E-state index contributed by atoms with van der Waals surface area (Å²) in [5.74, 6) is 1.06. The number of hydrogen-bond donors (Lipinski definition) is 1. The SMILES string of the molecule is CC(C)(O)[C@@H]1CCN(c2nc(-c3ccc(N4CCOCC4)cc3)cc3nccnc23)C1. The second kappa shape index (κ2) is 8.05. The Morgan fingerprint density at radius 2 is 1.74 bits per heavy atom. The summed E-state index contributed by atoms with van der Waals surface area (Å²) in [6.07, 6.45) is 4.38. The van der Waals surface area contributed by atoms with Gasteiger partial charge >= 0.3 is 0 Å². The van der Waals surface area contributed by atoms with Crippen LogP contribution in [0.1, 0.15) is 20.3 Å². The molecule has 2 fully saturated rings. The first-order valence-corrected chi connectivity index (χ1v) is 11.0. The number of benzene rings is 1. The number of rotatable bonds is 4. The first kappa shape index (κ1) is 20.2. The van der Waals surface area contributed by atoms with Gasteiger partial charge in [-0.3, -0.25) is 4.98 Å². The fourth-order valence-electron chi connectivity index (χ4n) is 4.52. The van der Waals surface area contributed by atoms with Gasteiger partial charge in [-0.2, -0.15) is 0 Å². The van der Waals surface area contributed by atoms with Crippen molar-refractivity contribution in [3.8, 4) is 11.3 Å². The van der Waals surface area contributed by atoms with Gasteiger partial charge in [0.25, 0.3) is 0 Å². The van der Waals surface area contributed by atoms with Gasteiger partial charge in [0.15, 0.2) is 5.82 Å². The predicted octanol–water partition coefficient (Wildman–Crippen LogP) is 3.13. The van der Waals surface area contributed by atoms with Crippen LogP contribution in [0.15, 0.2) is 42.7 Å². The van der Waals surface area contributed by atoms with E-state index < -0.39 is 5.60 Å². The monoisotopic (exact) mass is 419 g/mol. The zero-order chi connectivity index (χ0) is 21.4. The van der Waals surface area contributed by atoms with E-state index in [1.165, 1.54) is 5.69 Å². The minimum absolute atomic E-state index is 0.206. The molecule has 2 saturated heterocycles. The molecule has 1 aromatic carbocycles. The molecule has 31 heavy (non-hydrogen) atoms. The average molecular weight is 420 g/mol. The first-order valence-electron chi connectivity index (χ1n) is 11.0. The number of pyridine rings is 1. The molecule has 0 aliphatic carbocycles. The molecule has 2 aromatic heterocycles. The van der Waals surface area contributed by atoms with Crippen LogP contribution in [0.5, 0.6) is 0 Å². The lowest BCUT2D eigenvalue weighted by molar-refractivity contribution is 0.0263. The van der Waals surface area contributed by atoms with Crippen molar-refractivity contribution in [1.82, 2.24) is 15.0 Å². The van der Waals surface area contributed by atoms with Crippen molar-refractivity contribution in [2.45, 2.75) is 25.9 Å². The largest absolute Gasteiger partial charge is 0.390 e. The van der Waals surface area contributed by atoms with Crippen molar-refractivity contribution in [2.24, 2.45) is 5.92 Å². The van der Waals surface area contributed by atoms with E-state index in [1.54, 1.807) is 12.4 Å². The van der Waals surface area contributed by atoms with Crippen molar-refractivity contribution in [1.29, 1.82) is 0 Å². The number of anilines is 2. The Balaban J connectivity index is 1.49. The van der Waals surface area contributed by atoms with Gasteiger partial charge in [-0.15, -0.1) is 0 Å². The van der Waals surface area contributed by atoms with Gasteiger partial charge in [0.1, 0.15) is 5.52 Å². The number of nitrogens with zero attached hydrogens (tertiary/aromatic N) is 5. The number of morpholine rings is 1. The van der Waals surface area contributed by atoms with Gasteiger partial charge in [-0.05, 0) is 38.5 Å². The normalized spacial score (nSPS) is 19.9. The van der Waals surface area contributed by atoms with E-state index in [2.05, 4.69) is 44.0 Å². The van der Waals surface area contributed by atoms with Crippen LogP contribution in [0.2, 0.25) is 0 Å². The molecule has 2 aliphatic heterocycles. The summed E-state index contributed by atoms with van der Waals surface area (Å²) in [5, 5.41) is 10.5. The molecule has 0 amide bonds. The molecule has 7 nitrogen and oxygen atoms in total. The molecule has 0 unspecified atom stereocenters. The second-order valence-electron chi connectivity index (χ2n) is 8.99. The summed E-state index contributed by atoms with van der Waals surface area (Å²) < 4.78 is 5.46. The minimum Gasteiger partial charge on any atom is -0.390 e.